The zero-order valence-corrected chi connectivity index (χ0v) is 16.8. The number of nitrogens with one attached hydrogen (secondary N) is 1. The van der Waals surface area contributed by atoms with Gasteiger partial charge < -0.3 is 4.90 Å². The molecule has 1 N–H and O–H groups in total. The fourth-order valence-electron chi connectivity index (χ4n) is 2.46. The number of hydrogen-bond donors (Lipinski definition) is 1. The number of hydrogen-bond acceptors (Lipinski definition) is 3. The molecule has 0 saturated heterocycles. The monoisotopic (exact) mass is 400 g/mol. The second-order valence-electron chi connectivity index (χ2n) is 6.11. The van der Waals surface area contributed by atoms with Crippen LogP contribution in [0.2, 0.25) is 10.0 Å². The summed E-state index contributed by atoms with van der Waals surface area (Å²) >= 11 is 12.1. The lowest BCUT2D eigenvalue weighted by atomic mass is 10.1. The minimum Gasteiger partial charge on any atom is -0.307 e. The molecule has 1 atom stereocenters. The molecular weight excluding hydrogens is 379 g/mol. The predicted octanol–water partition coefficient (Wildman–Crippen LogP) is 4.14. The summed E-state index contributed by atoms with van der Waals surface area (Å²) in [5.41, 5.74) is 1.85. The van der Waals surface area contributed by atoms with E-state index in [2.05, 4.69) is 4.72 Å². The highest BCUT2D eigenvalue weighted by atomic mass is 35.5. The molecule has 0 saturated carbocycles. The molecule has 0 aromatic heterocycles. The van der Waals surface area contributed by atoms with E-state index >= 15 is 0 Å². The first-order chi connectivity index (χ1) is 11.7. The molecular formula is C18H22Cl2N2O2S. The van der Waals surface area contributed by atoms with Crippen LogP contribution in [0.3, 0.4) is 0 Å². The van der Waals surface area contributed by atoms with Crippen LogP contribution in [0.5, 0.6) is 0 Å². The smallest absolute Gasteiger partial charge is 0.241 e. The molecule has 0 unspecified atom stereocenters. The van der Waals surface area contributed by atoms with Crippen molar-refractivity contribution in [2.45, 2.75) is 24.3 Å². The van der Waals surface area contributed by atoms with Crippen molar-refractivity contribution in [1.82, 2.24) is 9.62 Å². The van der Waals surface area contributed by atoms with E-state index in [1.165, 1.54) is 0 Å². The van der Waals surface area contributed by atoms with E-state index in [-0.39, 0.29) is 4.90 Å². The molecule has 0 aliphatic carbocycles. The van der Waals surface area contributed by atoms with Crippen molar-refractivity contribution in [2.75, 3.05) is 20.6 Å². The first-order valence-electron chi connectivity index (χ1n) is 7.94. The highest BCUT2D eigenvalue weighted by Crippen LogP contribution is 2.27. The molecule has 0 spiro atoms. The Hall–Kier alpha value is -1.11. The third kappa shape index (κ3) is 5.43. The second-order valence-corrected chi connectivity index (χ2v) is 8.64. The number of benzene rings is 2. The zero-order chi connectivity index (χ0) is 18.6. The number of rotatable bonds is 7. The van der Waals surface area contributed by atoms with Gasteiger partial charge in [0.15, 0.2) is 0 Å². The number of likely N-dealkylation sites (N-methyl/N-ethyl adjacent to an activating group) is 1. The van der Waals surface area contributed by atoms with Crippen LogP contribution < -0.4 is 4.72 Å². The predicted molar refractivity (Wildman–Crippen MR) is 104 cm³/mol. The van der Waals surface area contributed by atoms with Gasteiger partial charge in [-0.1, -0.05) is 48.3 Å². The van der Waals surface area contributed by atoms with Gasteiger partial charge in [0.05, 0.1) is 21.0 Å². The van der Waals surface area contributed by atoms with Gasteiger partial charge in [0.25, 0.3) is 0 Å². The molecule has 136 valence electrons. The van der Waals surface area contributed by atoms with Crippen LogP contribution >= 0.6 is 23.2 Å². The fraction of sp³-hybridized carbons (Fsp3) is 0.333. The lowest BCUT2D eigenvalue weighted by Crippen LogP contribution is -2.35. The van der Waals surface area contributed by atoms with Gasteiger partial charge in [-0.25, -0.2) is 13.1 Å². The Morgan fingerprint density at radius 3 is 2.20 bits per heavy atom. The second kappa shape index (κ2) is 8.52. The Kier molecular flexibility index (Phi) is 6.88. The van der Waals surface area contributed by atoms with Crippen molar-refractivity contribution in [3.8, 4) is 0 Å². The van der Waals surface area contributed by atoms with Crippen LogP contribution in [0.15, 0.2) is 47.4 Å². The Balaban J connectivity index is 2.32. The summed E-state index contributed by atoms with van der Waals surface area (Å²) in [7, 11) is 0.114. The first-order valence-corrected chi connectivity index (χ1v) is 10.2. The van der Waals surface area contributed by atoms with Gasteiger partial charge in [0.1, 0.15) is 0 Å². The van der Waals surface area contributed by atoms with Crippen molar-refractivity contribution in [3.63, 3.8) is 0 Å². The van der Waals surface area contributed by atoms with Gasteiger partial charge in [-0.3, -0.25) is 0 Å². The lowest BCUT2D eigenvalue weighted by Gasteiger charge is -2.23. The van der Waals surface area contributed by atoms with Crippen molar-refractivity contribution in [2.24, 2.45) is 0 Å². The number of nitrogens with zero attached hydrogens (tertiary/aromatic N) is 1. The molecule has 0 bridgehead atoms. The van der Waals surface area contributed by atoms with E-state index in [1.807, 2.05) is 38.1 Å². The van der Waals surface area contributed by atoms with Gasteiger partial charge in [0.2, 0.25) is 10.0 Å². The molecule has 7 heteroatoms. The van der Waals surface area contributed by atoms with Gasteiger partial charge in [-0.05, 0) is 55.9 Å². The van der Waals surface area contributed by atoms with E-state index in [1.54, 1.807) is 30.3 Å². The lowest BCUT2D eigenvalue weighted by molar-refractivity contribution is 0.363. The van der Waals surface area contributed by atoms with Crippen LogP contribution in [-0.4, -0.2) is 34.0 Å². The molecule has 0 aliphatic rings. The summed E-state index contributed by atoms with van der Waals surface area (Å²) in [6, 6.07) is 11.6. The Bertz CT molecular complexity index is 821. The van der Waals surface area contributed by atoms with E-state index < -0.39 is 16.1 Å². The minimum atomic E-state index is -3.65. The van der Waals surface area contributed by atoms with Crippen LogP contribution in [0.25, 0.3) is 0 Å². The van der Waals surface area contributed by atoms with E-state index in [0.717, 1.165) is 17.5 Å². The maximum atomic E-state index is 12.8. The average molecular weight is 401 g/mol. The Morgan fingerprint density at radius 1 is 1.04 bits per heavy atom. The minimum absolute atomic E-state index is 0.244. The van der Waals surface area contributed by atoms with Gasteiger partial charge in [-0.15, -0.1) is 0 Å². The maximum absolute atomic E-state index is 12.8. The molecule has 0 heterocycles. The molecule has 2 aromatic rings. The summed E-state index contributed by atoms with van der Waals surface area (Å²) in [5, 5.41) is 0.835. The SMILES string of the molecule is CCc1ccc(S(=O)(=O)N[C@@H](CN(C)C)c2ccc(Cl)c(Cl)c2)cc1. The summed E-state index contributed by atoms with van der Waals surface area (Å²) < 4.78 is 28.3. The molecule has 0 amide bonds. The molecule has 2 rings (SSSR count). The van der Waals surface area contributed by atoms with Gasteiger partial charge in [-0.2, -0.15) is 0 Å². The molecule has 0 radical (unpaired) electrons. The van der Waals surface area contributed by atoms with Gasteiger partial charge in [0, 0.05) is 6.54 Å². The summed E-state index contributed by atoms with van der Waals surface area (Å²) in [4.78, 5) is 2.16. The van der Waals surface area contributed by atoms with Crippen molar-refractivity contribution >= 4 is 33.2 Å². The van der Waals surface area contributed by atoms with Crippen LogP contribution in [0.4, 0.5) is 0 Å². The highest BCUT2D eigenvalue weighted by Gasteiger charge is 2.22. The van der Waals surface area contributed by atoms with E-state index in [9.17, 15) is 8.42 Å². The van der Waals surface area contributed by atoms with Crippen molar-refractivity contribution in [3.05, 3.63) is 63.6 Å². The maximum Gasteiger partial charge on any atom is 0.241 e. The van der Waals surface area contributed by atoms with Crippen LogP contribution in [0.1, 0.15) is 24.1 Å². The zero-order valence-electron chi connectivity index (χ0n) is 14.5. The van der Waals surface area contributed by atoms with Gasteiger partial charge >= 0.3 is 0 Å². The largest absolute Gasteiger partial charge is 0.307 e. The first kappa shape index (κ1) is 20.2. The number of aryl methyl sites for hydroxylation is 1. The average Bonchev–Trinajstić information content (AvgIpc) is 2.56. The third-order valence-corrected chi connectivity index (χ3v) is 6.06. The summed E-state index contributed by atoms with van der Waals surface area (Å²) in [5.74, 6) is 0. The quantitative estimate of drug-likeness (QED) is 0.759. The number of sulfonamides is 1. The number of halogens is 2. The molecule has 0 fully saturated rings. The fourth-order valence-corrected chi connectivity index (χ4v) is 3.99. The topological polar surface area (TPSA) is 49.4 Å². The highest BCUT2D eigenvalue weighted by molar-refractivity contribution is 7.89. The Labute approximate surface area is 159 Å². The van der Waals surface area contributed by atoms with E-state index in [0.29, 0.717) is 16.6 Å². The van der Waals surface area contributed by atoms with Crippen molar-refractivity contribution in [1.29, 1.82) is 0 Å². The normalized spacial score (nSPS) is 13.2. The molecule has 2 aromatic carbocycles. The van der Waals surface area contributed by atoms with Crippen molar-refractivity contribution < 1.29 is 8.42 Å². The van der Waals surface area contributed by atoms with Crippen LogP contribution in [-0.2, 0) is 16.4 Å². The Morgan fingerprint density at radius 2 is 1.68 bits per heavy atom. The molecule has 0 aliphatic heterocycles. The summed E-state index contributed by atoms with van der Waals surface area (Å²) in [6.45, 7) is 2.52. The third-order valence-electron chi connectivity index (χ3n) is 3.83. The molecule has 4 nitrogen and oxygen atoms in total. The molecule has 25 heavy (non-hydrogen) atoms. The standard InChI is InChI=1S/C18H22Cl2N2O2S/c1-4-13-5-8-15(9-6-13)25(23,24)21-18(12-22(2)3)14-7-10-16(19)17(20)11-14/h5-11,18,21H,4,12H2,1-3H3/t18-/m0/s1. The summed E-state index contributed by atoms with van der Waals surface area (Å²) in [6.07, 6.45) is 0.861. The van der Waals surface area contributed by atoms with Crippen LogP contribution in [0, 0.1) is 0 Å². The van der Waals surface area contributed by atoms with E-state index in [4.69, 9.17) is 23.2 Å².